The van der Waals surface area contributed by atoms with Gasteiger partial charge in [-0.05, 0) is 31.9 Å². The van der Waals surface area contributed by atoms with Gasteiger partial charge in [0.1, 0.15) is 16.5 Å². The molecule has 3 aromatic rings. The number of rotatable bonds is 8. The fraction of sp³-hybridized carbons (Fsp3) is 0.458. The maximum Gasteiger partial charge on any atom is 0.267 e. The number of carbonyl (C=O) groups is 1. The van der Waals surface area contributed by atoms with E-state index >= 15 is 0 Å². The van der Waals surface area contributed by atoms with Crippen LogP contribution >= 0.6 is 11.3 Å². The number of hydrogen-bond donors (Lipinski definition) is 2. The summed E-state index contributed by atoms with van der Waals surface area (Å²) in [5, 5.41) is 13.0. The Hall–Kier alpha value is -2.95. The van der Waals surface area contributed by atoms with Crippen molar-refractivity contribution >= 4 is 28.7 Å². The van der Waals surface area contributed by atoms with Crippen molar-refractivity contribution in [2.75, 3.05) is 49.5 Å². The van der Waals surface area contributed by atoms with E-state index in [-0.39, 0.29) is 12.5 Å². The molecule has 0 atom stereocenters. The van der Waals surface area contributed by atoms with E-state index in [0.29, 0.717) is 17.8 Å². The zero-order valence-corrected chi connectivity index (χ0v) is 20.7. The van der Waals surface area contributed by atoms with Crippen LogP contribution in [0.3, 0.4) is 0 Å². The second kappa shape index (κ2) is 11.0. The van der Waals surface area contributed by atoms with E-state index in [2.05, 4.69) is 35.1 Å². The molecule has 2 N–H and O–H groups in total. The first-order chi connectivity index (χ1) is 16.5. The third kappa shape index (κ3) is 5.75. The van der Waals surface area contributed by atoms with E-state index in [1.54, 1.807) is 12.4 Å². The molecule has 0 unspecified atom stereocenters. The summed E-state index contributed by atoms with van der Waals surface area (Å²) in [6, 6.07) is 3.91. The SMILES string of the molecule is CCc1nccc(C)c1NC(=O)c1cnc(Cc2cc(N3CCN(CCO)CC3)nc(C)n2)s1. The summed E-state index contributed by atoms with van der Waals surface area (Å²) in [6.07, 6.45) is 4.69. The lowest BCUT2D eigenvalue weighted by Gasteiger charge is -2.35. The monoisotopic (exact) mass is 481 g/mol. The van der Waals surface area contributed by atoms with Crippen LogP contribution in [0.5, 0.6) is 0 Å². The van der Waals surface area contributed by atoms with Gasteiger partial charge in [-0.15, -0.1) is 11.3 Å². The molecule has 1 amide bonds. The van der Waals surface area contributed by atoms with Crippen LogP contribution in [-0.2, 0) is 12.8 Å². The predicted molar refractivity (Wildman–Crippen MR) is 134 cm³/mol. The molecule has 3 aromatic heterocycles. The predicted octanol–water partition coefficient (Wildman–Crippen LogP) is 2.46. The van der Waals surface area contributed by atoms with Gasteiger partial charge in [0.05, 0.1) is 34.9 Å². The summed E-state index contributed by atoms with van der Waals surface area (Å²) < 4.78 is 0. The molecule has 180 valence electrons. The van der Waals surface area contributed by atoms with Gasteiger partial charge in [-0.2, -0.15) is 0 Å². The Morgan fingerprint density at radius 3 is 2.71 bits per heavy atom. The molecule has 10 heteroatoms. The van der Waals surface area contributed by atoms with E-state index in [1.807, 2.05) is 32.9 Å². The van der Waals surface area contributed by atoms with Crippen molar-refractivity contribution in [2.24, 2.45) is 0 Å². The van der Waals surface area contributed by atoms with E-state index < -0.39 is 0 Å². The van der Waals surface area contributed by atoms with Crippen molar-refractivity contribution in [1.29, 1.82) is 0 Å². The first kappa shape index (κ1) is 24.2. The summed E-state index contributed by atoms with van der Waals surface area (Å²) in [5.74, 6) is 1.47. The number of aliphatic hydroxyl groups is 1. The Morgan fingerprint density at radius 1 is 1.18 bits per heavy atom. The average molecular weight is 482 g/mol. The number of β-amino-alcohol motifs (C(OH)–C–C–N with tert-alkyl or cyclic N) is 1. The topological polar surface area (TPSA) is 107 Å². The maximum absolute atomic E-state index is 12.9. The lowest BCUT2D eigenvalue weighted by atomic mass is 10.1. The Kier molecular flexibility index (Phi) is 7.81. The Morgan fingerprint density at radius 2 is 1.97 bits per heavy atom. The summed E-state index contributed by atoms with van der Waals surface area (Å²) in [5.41, 5.74) is 3.53. The molecule has 0 spiro atoms. The van der Waals surface area contributed by atoms with Crippen molar-refractivity contribution in [3.8, 4) is 0 Å². The molecule has 1 fully saturated rings. The first-order valence-corrected chi connectivity index (χ1v) is 12.4. The summed E-state index contributed by atoms with van der Waals surface area (Å²) >= 11 is 1.38. The molecule has 1 aliphatic heterocycles. The van der Waals surface area contributed by atoms with Crippen molar-refractivity contribution in [3.05, 3.63) is 57.2 Å². The fourth-order valence-corrected chi connectivity index (χ4v) is 4.92. The molecule has 34 heavy (non-hydrogen) atoms. The van der Waals surface area contributed by atoms with E-state index in [4.69, 9.17) is 5.11 Å². The number of nitrogens with one attached hydrogen (secondary N) is 1. The number of nitrogens with zero attached hydrogens (tertiary/aromatic N) is 6. The number of pyridine rings is 1. The Labute approximate surface area is 203 Å². The number of amides is 1. The lowest BCUT2D eigenvalue weighted by molar-refractivity contribution is 0.103. The summed E-state index contributed by atoms with van der Waals surface area (Å²) in [6.45, 7) is 10.3. The van der Waals surface area contributed by atoms with Crippen LogP contribution in [0.4, 0.5) is 11.5 Å². The highest BCUT2D eigenvalue weighted by Crippen LogP contribution is 2.23. The fourth-order valence-electron chi connectivity index (χ4n) is 4.09. The minimum atomic E-state index is -0.171. The third-order valence-corrected chi connectivity index (χ3v) is 6.91. The smallest absolute Gasteiger partial charge is 0.267 e. The molecule has 9 nitrogen and oxygen atoms in total. The van der Waals surface area contributed by atoms with Crippen molar-refractivity contribution in [3.63, 3.8) is 0 Å². The molecule has 0 aromatic carbocycles. The molecule has 0 bridgehead atoms. The number of hydrogen-bond acceptors (Lipinski definition) is 9. The van der Waals surface area contributed by atoms with Crippen LogP contribution in [-0.4, -0.2) is 75.2 Å². The van der Waals surface area contributed by atoms with Gasteiger partial charge < -0.3 is 15.3 Å². The molecule has 0 saturated carbocycles. The molecule has 4 heterocycles. The summed E-state index contributed by atoms with van der Waals surface area (Å²) in [7, 11) is 0. The molecule has 0 radical (unpaired) electrons. The number of thiazole rings is 1. The number of piperazine rings is 1. The third-order valence-electron chi connectivity index (χ3n) is 5.91. The highest BCUT2D eigenvalue weighted by atomic mass is 32.1. The Balaban J connectivity index is 1.44. The van der Waals surface area contributed by atoms with Crippen molar-refractivity contribution in [1.82, 2.24) is 24.8 Å². The number of carbonyl (C=O) groups excluding carboxylic acids is 1. The second-order valence-electron chi connectivity index (χ2n) is 8.37. The number of aryl methyl sites for hydroxylation is 3. The Bertz CT molecular complexity index is 1140. The summed E-state index contributed by atoms with van der Waals surface area (Å²) in [4.78, 5) is 36.0. The molecule has 4 rings (SSSR count). The van der Waals surface area contributed by atoms with Crippen LogP contribution < -0.4 is 10.2 Å². The molecule has 1 saturated heterocycles. The van der Waals surface area contributed by atoms with Crippen LogP contribution in [0.25, 0.3) is 0 Å². The highest BCUT2D eigenvalue weighted by Gasteiger charge is 2.19. The molecule has 1 aliphatic rings. The van der Waals surface area contributed by atoms with E-state index in [0.717, 1.165) is 71.9 Å². The van der Waals surface area contributed by atoms with Gasteiger partial charge in [0, 0.05) is 51.4 Å². The normalized spacial score (nSPS) is 14.4. The number of aliphatic hydroxyl groups excluding tert-OH is 1. The van der Waals surface area contributed by atoms with Gasteiger partial charge in [0.15, 0.2) is 0 Å². The van der Waals surface area contributed by atoms with Crippen LogP contribution in [0.2, 0.25) is 0 Å². The van der Waals surface area contributed by atoms with E-state index in [1.165, 1.54) is 11.3 Å². The standard InChI is InChI=1S/C24H31N7O2S/c1-4-19-23(16(2)5-6-25-19)29-24(33)20-15-26-22(34-20)14-18-13-21(28-17(3)27-18)31-9-7-30(8-10-31)11-12-32/h5-6,13,15,32H,4,7-12,14H2,1-3H3,(H,29,33). The maximum atomic E-state index is 12.9. The van der Waals surface area contributed by atoms with Gasteiger partial charge in [-0.3, -0.25) is 14.7 Å². The van der Waals surface area contributed by atoms with Crippen molar-refractivity contribution in [2.45, 2.75) is 33.6 Å². The second-order valence-corrected chi connectivity index (χ2v) is 9.48. The van der Waals surface area contributed by atoms with Gasteiger partial charge in [0.2, 0.25) is 0 Å². The minimum Gasteiger partial charge on any atom is -0.395 e. The van der Waals surface area contributed by atoms with E-state index in [9.17, 15) is 4.79 Å². The lowest BCUT2D eigenvalue weighted by Crippen LogP contribution is -2.47. The van der Waals surface area contributed by atoms with Gasteiger partial charge in [-0.1, -0.05) is 6.92 Å². The average Bonchev–Trinajstić information content (AvgIpc) is 3.29. The highest BCUT2D eigenvalue weighted by molar-refractivity contribution is 7.13. The zero-order valence-electron chi connectivity index (χ0n) is 19.9. The van der Waals surface area contributed by atoms with Gasteiger partial charge >= 0.3 is 0 Å². The number of aromatic nitrogens is 4. The molecular weight excluding hydrogens is 450 g/mol. The quantitative estimate of drug-likeness (QED) is 0.505. The van der Waals surface area contributed by atoms with Crippen LogP contribution in [0.1, 0.15) is 44.4 Å². The molecule has 0 aliphatic carbocycles. The van der Waals surface area contributed by atoms with Crippen molar-refractivity contribution < 1.29 is 9.90 Å². The number of anilines is 2. The molecular formula is C24H31N7O2S. The zero-order chi connectivity index (χ0) is 24.1. The van der Waals surface area contributed by atoms with Crippen LogP contribution in [0.15, 0.2) is 24.5 Å². The minimum absolute atomic E-state index is 0.171. The first-order valence-electron chi connectivity index (χ1n) is 11.6. The van der Waals surface area contributed by atoms with Crippen LogP contribution in [0, 0.1) is 13.8 Å². The van der Waals surface area contributed by atoms with Gasteiger partial charge in [0.25, 0.3) is 5.91 Å². The largest absolute Gasteiger partial charge is 0.395 e. The van der Waals surface area contributed by atoms with Gasteiger partial charge in [-0.25, -0.2) is 15.0 Å².